The van der Waals surface area contributed by atoms with Crippen molar-refractivity contribution in [1.29, 1.82) is 0 Å². The van der Waals surface area contributed by atoms with Crippen LogP contribution in [-0.4, -0.2) is 23.3 Å². The van der Waals surface area contributed by atoms with Crippen LogP contribution in [0.2, 0.25) is 5.02 Å². The van der Waals surface area contributed by atoms with Gasteiger partial charge in [0.2, 0.25) is 5.60 Å². The van der Waals surface area contributed by atoms with Crippen LogP contribution in [0.15, 0.2) is 29.4 Å². The molecule has 1 aliphatic rings. The number of carbonyl (C=O) groups excluding carboxylic acids is 1. The molecule has 1 aliphatic heterocycles. The molecule has 0 radical (unpaired) electrons. The third-order valence-electron chi connectivity index (χ3n) is 2.95. The van der Waals surface area contributed by atoms with Gasteiger partial charge in [0.15, 0.2) is 0 Å². The summed E-state index contributed by atoms with van der Waals surface area (Å²) < 4.78 is 0. The third-order valence-corrected chi connectivity index (χ3v) is 3.28. The monoisotopic (exact) mass is 280 g/mol. The standard InChI is InChI=1S/C14H17ClN2O2/c1-9(2)16-13(18)14(3)8-12(17-19-14)10-6-4-5-7-11(10)15/h4-7,9H,8H2,1-3H3,(H,16,18)/t14-/m1/s1. The fraction of sp³-hybridized carbons (Fsp3) is 0.429. The lowest BCUT2D eigenvalue weighted by atomic mass is 9.95. The van der Waals surface area contributed by atoms with E-state index >= 15 is 0 Å². The number of carbonyl (C=O) groups is 1. The van der Waals surface area contributed by atoms with Gasteiger partial charge >= 0.3 is 0 Å². The molecule has 1 atom stereocenters. The Morgan fingerprint density at radius 1 is 1.47 bits per heavy atom. The first kappa shape index (κ1) is 13.9. The van der Waals surface area contributed by atoms with E-state index in [1.807, 2.05) is 32.0 Å². The van der Waals surface area contributed by atoms with Crippen LogP contribution in [0.5, 0.6) is 0 Å². The number of nitrogens with one attached hydrogen (secondary N) is 1. The molecule has 0 unspecified atom stereocenters. The van der Waals surface area contributed by atoms with E-state index in [4.69, 9.17) is 16.4 Å². The van der Waals surface area contributed by atoms with Gasteiger partial charge in [0, 0.05) is 23.0 Å². The van der Waals surface area contributed by atoms with E-state index in [1.54, 1.807) is 13.0 Å². The van der Waals surface area contributed by atoms with Crippen molar-refractivity contribution in [2.75, 3.05) is 0 Å². The van der Waals surface area contributed by atoms with Crippen molar-refractivity contribution in [3.63, 3.8) is 0 Å². The molecule has 0 aromatic heterocycles. The number of rotatable bonds is 3. The minimum Gasteiger partial charge on any atom is -0.379 e. The van der Waals surface area contributed by atoms with E-state index in [-0.39, 0.29) is 11.9 Å². The Morgan fingerprint density at radius 3 is 2.79 bits per heavy atom. The molecule has 0 spiro atoms. The summed E-state index contributed by atoms with van der Waals surface area (Å²) >= 11 is 6.12. The minimum atomic E-state index is -0.960. The highest BCUT2D eigenvalue weighted by molar-refractivity contribution is 6.34. The molecule has 1 heterocycles. The Hall–Kier alpha value is -1.55. The van der Waals surface area contributed by atoms with Crippen LogP contribution in [0, 0.1) is 0 Å². The van der Waals surface area contributed by atoms with E-state index in [1.165, 1.54) is 0 Å². The van der Waals surface area contributed by atoms with Crippen LogP contribution >= 0.6 is 11.6 Å². The highest BCUT2D eigenvalue weighted by Crippen LogP contribution is 2.29. The smallest absolute Gasteiger partial charge is 0.267 e. The molecule has 0 saturated carbocycles. The van der Waals surface area contributed by atoms with Gasteiger partial charge in [-0.25, -0.2) is 0 Å². The van der Waals surface area contributed by atoms with E-state index in [0.717, 1.165) is 5.56 Å². The van der Waals surface area contributed by atoms with Crippen molar-refractivity contribution in [3.05, 3.63) is 34.9 Å². The molecule has 19 heavy (non-hydrogen) atoms. The number of oxime groups is 1. The molecule has 1 amide bonds. The van der Waals surface area contributed by atoms with E-state index in [9.17, 15) is 4.79 Å². The fourth-order valence-electron chi connectivity index (χ4n) is 1.92. The van der Waals surface area contributed by atoms with Crippen molar-refractivity contribution in [3.8, 4) is 0 Å². The zero-order valence-electron chi connectivity index (χ0n) is 11.2. The van der Waals surface area contributed by atoms with Crippen LogP contribution < -0.4 is 5.32 Å². The summed E-state index contributed by atoms with van der Waals surface area (Å²) in [7, 11) is 0. The van der Waals surface area contributed by atoms with Gasteiger partial charge in [-0.1, -0.05) is 35.0 Å². The first-order valence-electron chi connectivity index (χ1n) is 6.23. The highest BCUT2D eigenvalue weighted by atomic mass is 35.5. The summed E-state index contributed by atoms with van der Waals surface area (Å²) in [6.07, 6.45) is 0.412. The van der Waals surface area contributed by atoms with E-state index in [0.29, 0.717) is 17.2 Å². The number of hydrogen-bond acceptors (Lipinski definition) is 3. The van der Waals surface area contributed by atoms with Crippen molar-refractivity contribution < 1.29 is 9.63 Å². The highest BCUT2D eigenvalue weighted by Gasteiger charge is 2.42. The Bertz CT molecular complexity index is 528. The maximum absolute atomic E-state index is 12.1. The fourth-order valence-corrected chi connectivity index (χ4v) is 2.16. The summed E-state index contributed by atoms with van der Waals surface area (Å²) in [6.45, 7) is 5.55. The average Bonchev–Trinajstić information content (AvgIpc) is 2.73. The second kappa shape index (κ2) is 5.21. The van der Waals surface area contributed by atoms with Crippen molar-refractivity contribution in [2.45, 2.75) is 38.8 Å². The summed E-state index contributed by atoms with van der Waals surface area (Å²) in [6, 6.07) is 7.47. The number of halogens is 1. The summed E-state index contributed by atoms with van der Waals surface area (Å²) in [5.74, 6) is -0.159. The van der Waals surface area contributed by atoms with Crippen LogP contribution in [-0.2, 0) is 9.63 Å². The Kier molecular flexibility index (Phi) is 3.80. The molecule has 0 aliphatic carbocycles. The van der Waals surface area contributed by atoms with Crippen LogP contribution in [0.1, 0.15) is 32.8 Å². The number of amides is 1. The maximum Gasteiger partial charge on any atom is 0.267 e. The Labute approximate surface area is 117 Å². The third kappa shape index (κ3) is 2.89. The van der Waals surface area contributed by atoms with Gasteiger partial charge in [0.05, 0.1) is 5.71 Å². The van der Waals surface area contributed by atoms with Crippen molar-refractivity contribution in [1.82, 2.24) is 5.32 Å². The Morgan fingerprint density at radius 2 is 2.16 bits per heavy atom. The molecule has 0 bridgehead atoms. The van der Waals surface area contributed by atoms with Gasteiger partial charge < -0.3 is 10.2 Å². The normalized spacial score (nSPS) is 22.1. The molecule has 1 aromatic rings. The van der Waals surface area contributed by atoms with Crippen LogP contribution in [0.25, 0.3) is 0 Å². The zero-order chi connectivity index (χ0) is 14.0. The molecule has 5 heteroatoms. The van der Waals surface area contributed by atoms with E-state index < -0.39 is 5.60 Å². The second-order valence-corrected chi connectivity index (χ2v) is 5.55. The average molecular weight is 281 g/mol. The molecule has 1 aromatic carbocycles. The van der Waals surface area contributed by atoms with Crippen molar-refractivity contribution in [2.24, 2.45) is 5.16 Å². The summed E-state index contributed by atoms with van der Waals surface area (Å²) in [4.78, 5) is 17.4. The molecular weight excluding hydrogens is 264 g/mol. The van der Waals surface area contributed by atoms with Crippen LogP contribution in [0.4, 0.5) is 0 Å². The molecule has 1 N–H and O–H groups in total. The lowest BCUT2D eigenvalue weighted by molar-refractivity contribution is -0.142. The topological polar surface area (TPSA) is 50.7 Å². The first-order chi connectivity index (χ1) is 8.92. The Balaban J connectivity index is 2.15. The quantitative estimate of drug-likeness (QED) is 0.925. The maximum atomic E-state index is 12.1. The SMILES string of the molecule is CC(C)NC(=O)[C@@]1(C)CC(c2ccccc2Cl)=NO1. The number of hydrogen-bond donors (Lipinski definition) is 1. The molecular formula is C14H17ClN2O2. The molecule has 4 nitrogen and oxygen atoms in total. The van der Waals surface area contributed by atoms with Gasteiger partial charge in [-0.15, -0.1) is 0 Å². The van der Waals surface area contributed by atoms with Crippen LogP contribution in [0.3, 0.4) is 0 Å². The minimum absolute atomic E-state index is 0.0669. The summed E-state index contributed by atoms with van der Waals surface area (Å²) in [5, 5.41) is 7.47. The van der Waals surface area contributed by atoms with E-state index in [2.05, 4.69) is 10.5 Å². The molecule has 102 valence electrons. The zero-order valence-corrected chi connectivity index (χ0v) is 12.0. The van der Waals surface area contributed by atoms with Gasteiger partial charge in [0.1, 0.15) is 0 Å². The number of nitrogens with zero attached hydrogens (tertiary/aromatic N) is 1. The largest absolute Gasteiger partial charge is 0.379 e. The second-order valence-electron chi connectivity index (χ2n) is 5.14. The van der Waals surface area contributed by atoms with Gasteiger partial charge in [-0.3, -0.25) is 4.79 Å². The molecule has 0 fully saturated rings. The van der Waals surface area contributed by atoms with Crippen molar-refractivity contribution >= 4 is 23.2 Å². The predicted octanol–water partition coefficient (Wildman–Crippen LogP) is 2.75. The van der Waals surface area contributed by atoms with Gasteiger partial charge in [0.25, 0.3) is 5.91 Å². The van der Waals surface area contributed by atoms with Gasteiger partial charge in [-0.2, -0.15) is 0 Å². The summed E-state index contributed by atoms with van der Waals surface area (Å²) in [5.41, 5.74) is 0.552. The van der Waals surface area contributed by atoms with Gasteiger partial charge in [-0.05, 0) is 26.8 Å². The lowest BCUT2D eigenvalue weighted by Gasteiger charge is -2.21. The number of benzene rings is 1. The first-order valence-corrected chi connectivity index (χ1v) is 6.61. The lowest BCUT2D eigenvalue weighted by Crippen LogP contribution is -2.47. The molecule has 2 rings (SSSR count). The molecule has 0 saturated heterocycles. The predicted molar refractivity (Wildman–Crippen MR) is 75.4 cm³/mol.